The van der Waals surface area contributed by atoms with Crippen LogP contribution in [0.15, 0.2) is 23.0 Å². The van der Waals surface area contributed by atoms with Crippen LogP contribution in [-0.2, 0) is 0 Å². The van der Waals surface area contributed by atoms with E-state index in [4.69, 9.17) is 0 Å². The highest BCUT2D eigenvalue weighted by molar-refractivity contribution is 5.83. The largest absolute Gasteiger partial charge is 0.380 e. The molecule has 2 aromatic heterocycles. The van der Waals surface area contributed by atoms with Crippen LogP contribution in [0.25, 0.3) is 10.9 Å². The summed E-state index contributed by atoms with van der Waals surface area (Å²) >= 11 is 0. The second-order valence-corrected chi connectivity index (χ2v) is 7.27. The first-order valence-electron chi connectivity index (χ1n) is 9.14. The Morgan fingerprint density at radius 2 is 1.96 bits per heavy atom. The van der Waals surface area contributed by atoms with Crippen molar-refractivity contribution >= 4 is 10.9 Å². The molecule has 136 valence electrons. The molecule has 0 aliphatic heterocycles. The Morgan fingerprint density at radius 3 is 2.73 bits per heavy atom. The molecule has 0 saturated heterocycles. The van der Waals surface area contributed by atoms with E-state index in [-0.39, 0.29) is 17.2 Å². The Hall–Kier alpha value is -2.54. The average molecular weight is 353 g/mol. The van der Waals surface area contributed by atoms with E-state index in [2.05, 4.69) is 26.6 Å². The minimum absolute atomic E-state index is 0.187. The van der Waals surface area contributed by atoms with Crippen LogP contribution >= 0.6 is 0 Å². The maximum atomic E-state index is 12.6. The van der Waals surface area contributed by atoms with Gasteiger partial charge >= 0.3 is 0 Å². The number of nitrogens with zero attached hydrogens (tertiary/aromatic N) is 4. The number of aliphatic hydroxyl groups is 1. The highest BCUT2D eigenvalue weighted by atomic mass is 16.3. The van der Waals surface area contributed by atoms with E-state index in [9.17, 15) is 9.90 Å². The molecule has 0 bridgehead atoms. The van der Waals surface area contributed by atoms with Gasteiger partial charge < -0.3 is 10.1 Å². The number of nitrogens with one attached hydrogen (secondary N) is 1. The Bertz CT molecular complexity index is 1000. The molecule has 1 atom stereocenters. The number of aryl methyl sites for hydroxylation is 2. The van der Waals surface area contributed by atoms with Gasteiger partial charge in [-0.05, 0) is 60.4 Å². The molecule has 0 radical (unpaired) electrons. The van der Waals surface area contributed by atoms with Crippen molar-refractivity contribution in [2.24, 2.45) is 0 Å². The van der Waals surface area contributed by atoms with Gasteiger partial charge in [-0.15, -0.1) is 5.10 Å². The van der Waals surface area contributed by atoms with Crippen molar-refractivity contribution in [3.05, 3.63) is 51.1 Å². The van der Waals surface area contributed by atoms with E-state index in [0.717, 1.165) is 47.7 Å². The molecule has 3 aromatic rings. The Balaban J connectivity index is 1.77. The van der Waals surface area contributed by atoms with Gasteiger partial charge in [0.2, 0.25) is 0 Å². The SMILES string of the molecule is Cc1cc(C)c2cc([C@@H](O)c3nnnn3C3CCCCC3)c(=O)[nH]c2c1. The van der Waals surface area contributed by atoms with Crippen LogP contribution < -0.4 is 5.56 Å². The van der Waals surface area contributed by atoms with Crippen LogP contribution in [0.1, 0.15) is 66.8 Å². The molecule has 0 unspecified atom stereocenters. The highest BCUT2D eigenvalue weighted by Crippen LogP contribution is 2.30. The lowest BCUT2D eigenvalue weighted by molar-refractivity contribution is 0.190. The van der Waals surface area contributed by atoms with Gasteiger partial charge in [0.15, 0.2) is 5.82 Å². The Morgan fingerprint density at radius 1 is 1.19 bits per heavy atom. The van der Waals surface area contributed by atoms with E-state index in [1.807, 2.05) is 19.9 Å². The van der Waals surface area contributed by atoms with Gasteiger partial charge in [0, 0.05) is 10.9 Å². The molecule has 2 N–H and O–H groups in total. The third-order valence-corrected chi connectivity index (χ3v) is 5.32. The first-order valence-corrected chi connectivity index (χ1v) is 9.14. The zero-order chi connectivity index (χ0) is 18.3. The van der Waals surface area contributed by atoms with E-state index in [1.54, 1.807) is 10.7 Å². The van der Waals surface area contributed by atoms with Crippen LogP contribution in [-0.4, -0.2) is 30.3 Å². The summed E-state index contributed by atoms with van der Waals surface area (Å²) in [7, 11) is 0. The van der Waals surface area contributed by atoms with Gasteiger partial charge in [0.1, 0.15) is 6.10 Å². The van der Waals surface area contributed by atoms with Crippen molar-refractivity contribution in [1.29, 1.82) is 0 Å². The third kappa shape index (κ3) is 2.92. The number of pyridine rings is 1. The van der Waals surface area contributed by atoms with Crippen molar-refractivity contribution in [3.8, 4) is 0 Å². The number of aliphatic hydroxyl groups excluding tert-OH is 1. The molecular weight excluding hydrogens is 330 g/mol. The van der Waals surface area contributed by atoms with Crippen LogP contribution in [0.3, 0.4) is 0 Å². The van der Waals surface area contributed by atoms with Crippen LogP contribution in [0, 0.1) is 13.8 Å². The molecule has 26 heavy (non-hydrogen) atoms. The van der Waals surface area contributed by atoms with E-state index < -0.39 is 6.10 Å². The number of hydrogen-bond acceptors (Lipinski definition) is 5. The van der Waals surface area contributed by atoms with Gasteiger partial charge in [-0.3, -0.25) is 4.79 Å². The zero-order valence-electron chi connectivity index (χ0n) is 15.1. The number of hydrogen-bond donors (Lipinski definition) is 2. The first kappa shape index (κ1) is 16.9. The molecule has 1 aromatic carbocycles. The fraction of sp³-hybridized carbons (Fsp3) is 0.474. The molecule has 1 aliphatic rings. The van der Waals surface area contributed by atoms with E-state index in [0.29, 0.717) is 5.82 Å². The van der Waals surface area contributed by atoms with Gasteiger partial charge in [-0.25, -0.2) is 4.68 Å². The second kappa shape index (κ2) is 6.64. The second-order valence-electron chi connectivity index (χ2n) is 7.27. The number of aromatic amines is 1. The molecule has 0 spiro atoms. The summed E-state index contributed by atoms with van der Waals surface area (Å²) in [5, 5.41) is 23.7. The normalized spacial score (nSPS) is 16.9. The van der Waals surface area contributed by atoms with Crippen LogP contribution in [0.4, 0.5) is 0 Å². The maximum Gasteiger partial charge on any atom is 0.254 e. The molecule has 7 nitrogen and oxygen atoms in total. The molecule has 1 saturated carbocycles. The third-order valence-electron chi connectivity index (χ3n) is 5.32. The molecule has 1 aliphatic carbocycles. The first-order chi connectivity index (χ1) is 12.5. The summed E-state index contributed by atoms with van der Waals surface area (Å²) < 4.78 is 1.70. The van der Waals surface area contributed by atoms with Gasteiger partial charge in [0.05, 0.1) is 11.6 Å². The number of fused-ring (bicyclic) bond motifs is 1. The summed E-state index contributed by atoms with van der Waals surface area (Å²) in [6.07, 6.45) is 4.33. The predicted molar refractivity (Wildman–Crippen MR) is 98.0 cm³/mol. The molecule has 1 fully saturated rings. The molecule has 2 heterocycles. The summed E-state index contributed by atoms with van der Waals surface area (Å²) in [4.78, 5) is 15.5. The average Bonchev–Trinajstić information content (AvgIpc) is 3.11. The predicted octanol–water partition coefficient (Wildman–Crippen LogP) is 2.72. The van der Waals surface area contributed by atoms with Gasteiger partial charge in [0.25, 0.3) is 5.56 Å². The summed E-state index contributed by atoms with van der Waals surface area (Å²) in [6, 6.07) is 5.94. The summed E-state index contributed by atoms with van der Waals surface area (Å²) in [5.41, 5.74) is 2.87. The number of tetrazole rings is 1. The maximum absolute atomic E-state index is 12.6. The van der Waals surface area contributed by atoms with Crippen LogP contribution in [0.2, 0.25) is 0 Å². The minimum Gasteiger partial charge on any atom is -0.380 e. The molecule has 4 rings (SSSR count). The standard InChI is InChI=1S/C19H23N5O2/c1-11-8-12(2)14-10-15(19(26)20-16(14)9-11)17(25)18-21-22-23-24(18)13-6-4-3-5-7-13/h8-10,13,17,25H,3-7H2,1-2H3,(H,20,26)/t17-/m1/s1. The Labute approximate surface area is 151 Å². The molecule has 0 amide bonds. The number of rotatable bonds is 3. The minimum atomic E-state index is -1.15. The summed E-state index contributed by atoms with van der Waals surface area (Å²) in [6.45, 7) is 3.99. The highest BCUT2D eigenvalue weighted by Gasteiger charge is 2.26. The number of aromatic nitrogens is 5. The van der Waals surface area contributed by atoms with Crippen molar-refractivity contribution in [1.82, 2.24) is 25.2 Å². The number of H-pyrrole nitrogens is 1. The zero-order valence-corrected chi connectivity index (χ0v) is 15.1. The monoisotopic (exact) mass is 353 g/mol. The molecule has 7 heteroatoms. The van der Waals surface area contributed by atoms with Gasteiger partial charge in [-0.2, -0.15) is 0 Å². The summed E-state index contributed by atoms with van der Waals surface area (Å²) in [5.74, 6) is 0.339. The molecular formula is C19H23N5O2. The van der Waals surface area contributed by atoms with Crippen molar-refractivity contribution in [3.63, 3.8) is 0 Å². The number of benzene rings is 1. The van der Waals surface area contributed by atoms with Crippen molar-refractivity contribution in [2.45, 2.75) is 58.1 Å². The fourth-order valence-corrected chi connectivity index (χ4v) is 4.00. The lowest BCUT2D eigenvalue weighted by Gasteiger charge is -2.23. The fourth-order valence-electron chi connectivity index (χ4n) is 4.00. The van der Waals surface area contributed by atoms with Gasteiger partial charge in [-0.1, -0.05) is 25.3 Å². The van der Waals surface area contributed by atoms with E-state index >= 15 is 0 Å². The smallest absolute Gasteiger partial charge is 0.254 e. The van der Waals surface area contributed by atoms with Crippen molar-refractivity contribution in [2.75, 3.05) is 0 Å². The van der Waals surface area contributed by atoms with Crippen molar-refractivity contribution < 1.29 is 5.11 Å². The van der Waals surface area contributed by atoms with E-state index in [1.165, 1.54) is 6.42 Å². The Kier molecular flexibility index (Phi) is 4.32. The lowest BCUT2D eigenvalue weighted by Crippen LogP contribution is -2.23. The lowest BCUT2D eigenvalue weighted by atomic mass is 9.95. The van der Waals surface area contributed by atoms with Crippen LogP contribution in [0.5, 0.6) is 0 Å². The quantitative estimate of drug-likeness (QED) is 0.755. The topological polar surface area (TPSA) is 96.7 Å².